The van der Waals surface area contributed by atoms with E-state index in [4.69, 9.17) is 10.5 Å². The fourth-order valence-electron chi connectivity index (χ4n) is 3.55. The van der Waals surface area contributed by atoms with Gasteiger partial charge in [0, 0.05) is 21.6 Å². The summed E-state index contributed by atoms with van der Waals surface area (Å²) in [5.41, 5.74) is 12.0. The Balaban J connectivity index is 1.35. The molecule has 1 aliphatic rings. The van der Waals surface area contributed by atoms with E-state index in [0.29, 0.717) is 5.69 Å². The molecular weight excluding hydrogens is 428 g/mol. The van der Waals surface area contributed by atoms with E-state index in [1.807, 2.05) is 36.4 Å². The van der Waals surface area contributed by atoms with Gasteiger partial charge in [-0.25, -0.2) is 4.79 Å². The highest BCUT2D eigenvalue weighted by Crippen LogP contribution is 2.44. The number of fused-ring (bicyclic) bond motifs is 3. The molecule has 0 saturated heterocycles. The number of benzene rings is 3. The summed E-state index contributed by atoms with van der Waals surface area (Å²) in [6.45, 7) is 0.471. The number of amides is 1. The van der Waals surface area contributed by atoms with Crippen LogP contribution in [0.15, 0.2) is 71.2 Å². The molecule has 0 spiro atoms. The fraction of sp³-hybridized carbons (Fsp3) is 0.125. The summed E-state index contributed by atoms with van der Waals surface area (Å²) in [4.78, 5) is 12.1. The maximum atomic E-state index is 12.1. The lowest BCUT2D eigenvalue weighted by Crippen LogP contribution is -2.26. The van der Waals surface area contributed by atoms with Crippen LogP contribution in [-0.2, 0) is 4.74 Å². The van der Waals surface area contributed by atoms with Crippen LogP contribution in [0.25, 0.3) is 11.1 Å². The number of carbonyl (C=O) groups is 1. The van der Waals surface area contributed by atoms with Gasteiger partial charge in [-0.05, 0) is 40.5 Å². The Morgan fingerprint density at radius 2 is 1.69 bits per heavy atom. The van der Waals surface area contributed by atoms with Crippen molar-refractivity contribution < 1.29 is 9.53 Å². The van der Waals surface area contributed by atoms with Gasteiger partial charge in [0.2, 0.25) is 0 Å². The Kier molecular flexibility index (Phi) is 5.55. The molecule has 0 fully saturated rings. The van der Waals surface area contributed by atoms with Crippen molar-refractivity contribution in [2.24, 2.45) is 0 Å². The lowest BCUT2D eigenvalue weighted by Gasteiger charge is -2.14. The third kappa shape index (κ3) is 4.13. The number of nitrogens with two attached hydrogens (primary N) is 1. The SMILES string of the molecule is Nc1cc(Br)ccc1C#CCNC(=O)OCC1c2ccccc2-c2ccccc21. The highest BCUT2D eigenvalue weighted by atomic mass is 79.9. The van der Waals surface area contributed by atoms with E-state index >= 15 is 0 Å². The highest BCUT2D eigenvalue weighted by molar-refractivity contribution is 9.10. The van der Waals surface area contributed by atoms with E-state index < -0.39 is 6.09 Å². The Labute approximate surface area is 178 Å². The van der Waals surface area contributed by atoms with Crippen LogP contribution in [0.4, 0.5) is 10.5 Å². The third-order valence-electron chi connectivity index (χ3n) is 4.90. The van der Waals surface area contributed by atoms with Gasteiger partial charge in [-0.3, -0.25) is 0 Å². The largest absolute Gasteiger partial charge is 0.449 e. The van der Waals surface area contributed by atoms with E-state index in [9.17, 15) is 4.79 Å². The maximum Gasteiger partial charge on any atom is 0.407 e. The van der Waals surface area contributed by atoms with Gasteiger partial charge in [-0.15, -0.1) is 0 Å². The molecule has 4 nitrogen and oxygen atoms in total. The minimum absolute atomic E-state index is 0.0433. The quantitative estimate of drug-likeness (QED) is 0.443. The molecule has 0 aromatic heterocycles. The van der Waals surface area contributed by atoms with Crippen LogP contribution >= 0.6 is 15.9 Å². The van der Waals surface area contributed by atoms with Crippen molar-refractivity contribution in [1.82, 2.24) is 5.32 Å². The first-order valence-electron chi connectivity index (χ1n) is 9.26. The van der Waals surface area contributed by atoms with Gasteiger partial charge in [0.15, 0.2) is 0 Å². The Morgan fingerprint density at radius 3 is 2.34 bits per heavy atom. The van der Waals surface area contributed by atoms with Crippen LogP contribution in [0.2, 0.25) is 0 Å². The third-order valence-corrected chi connectivity index (χ3v) is 5.39. The molecule has 5 heteroatoms. The molecule has 0 atom stereocenters. The minimum atomic E-state index is -0.482. The molecule has 0 heterocycles. The van der Waals surface area contributed by atoms with E-state index in [0.717, 1.165) is 10.0 Å². The average molecular weight is 447 g/mol. The summed E-state index contributed by atoms with van der Waals surface area (Å²) in [5.74, 6) is 5.89. The zero-order valence-electron chi connectivity index (χ0n) is 15.6. The molecule has 0 radical (unpaired) electrons. The number of nitrogens with one attached hydrogen (secondary N) is 1. The number of ether oxygens (including phenoxy) is 1. The van der Waals surface area contributed by atoms with Crippen molar-refractivity contribution in [2.75, 3.05) is 18.9 Å². The first-order valence-corrected chi connectivity index (χ1v) is 10.1. The van der Waals surface area contributed by atoms with Gasteiger partial charge in [-0.2, -0.15) is 0 Å². The Hall–Kier alpha value is -3.23. The summed E-state index contributed by atoms with van der Waals surface area (Å²) in [6, 6.07) is 22.0. The number of hydrogen-bond acceptors (Lipinski definition) is 3. The summed E-state index contributed by atoms with van der Waals surface area (Å²) >= 11 is 3.36. The highest BCUT2D eigenvalue weighted by Gasteiger charge is 2.28. The number of hydrogen-bond donors (Lipinski definition) is 2. The predicted octanol–water partition coefficient (Wildman–Crippen LogP) is 4.92. The van der Waals surface area contributed by atoms with Crippen LogP contribution in [0, 0.1) is 11.8 Å². The molecule has 4 rings (SSSR count). The summed E-state index contributed by atoms with van der Waals surface area (Å²) in [6.07, 6.45) is -0.482. The van der Waals surface area contributed by atoms with Crippen molar-refractivity contribution in [3.8, 4) is 23.0 Å². The van der Waals surface area contributed by atoms with E-state index in [2.05, 4.69) is 57.4 Å². The van der Waals surface area contributed by atoms with Gasteiger partial charge in [0.1, 0.15) is 6.61 Å². The van der Waals surface area contributed by atoms with Gasteiger partial charge in [0.25, 0.3) is 0 Å². The van der Waals surface area contributed by atoms with Gasteiger partial charge >= 0.3 is 6.09 Å². The number of halogens is 1. The van der Waals surface area contributed by atoms with Gasteiger partial charge in [-0.1, -0.05) is 76.3 Å². The normalized spacial score (nSPS) is 11.8. The van der Waals surface area contributed by atoms with Crippen molar-refractivity contribution in [3.63, 3.8) is 0 Å². The average Bonchev–Trinajstić information content (AvgIpc) is 3.05. The second-order valence-corrected chi connectivity index (χ2v) is 7.63. The van der Waals surface area contributed by atoms with Crippen LogP contribution < -0.4 is 11.1 Å². The van der Waals surface area contributed by atoms with Crippen LogP contribution in [-0.4, -0.2) is 19.2 Å². The summed E-state index contributed by atoms with van der Waals surface area (Å²) in [5, 5.41) is 2.67. The standard InChI is InChI=1S/C24H19BrN2O2/c25-17-12-11-16(23(26)14-17)6-5-13-27-24(28)29-15-22-20-9-3-1-7-18(20)19-8-2-4-10-21(19)22/h1-4,7-12,14,22H,13,15,26H2,(H,27,28). The molecule has 0 saturated carbocycles. The topological polar surface area (TPSA) is 64.3 Å². The predicted molar refractivity (Wildman–Crippen MR) is 119 cm³/mol. The van der Waals surface area contributed by atoms with E-state index in [1.54, 1.807) is 6.07 Å². The molecule has 3 N–H and O–H groups in total. The second kappa shape index (κ2) is 8.42. The molecule has 1 amide bonds. The number of anilines is 1. The maximum absolute atomic E-state index is 12.1. The molecular formula is C24H19BrN2O2. The second-order valence-electron chi connectivity index (χ2n) is 6.71. The monoisotopic (exact) mass is 446 g/mol. The van der Waals surface area contributed by atoms with Crippen LogP contribution in [0.5, 0.6) is 0 Å². The van der Waals surface area contributed by atoms with Crippen LogP contribution in [0.1, 0.15) is 22.6 Å². The first kappa shape index (κ1) is 19.1. The molecule has 0 unspecified atom stereocenters. The molecule has 3 aromatic carbocycles. The lowest BCUT2D eigenvalue weighted by atomic mass is 9.98. The molecule has 1 aliphatic carbocycles. The number of alkyl carbamates (subject to hydrolysis) is 1. The lowest BCUT2D eigenvalue weighted by molar-refractivity contribution is 0.144. The Bertz CT molecular complexity index is 1090. The van der Waals surface area contributed by atoms with Gasteiger partial charge < -0.3 is 15.8 Å². The minimum Gasteiger partial charge on any atom is -0.449 e. The zero-order chi connectivity index (χ0) is 20.2. The van der Waals surface area contributed by atoms with Crippen LogP contribution in [0.3, 0.4) is 0 Å². The zero-order valence-corrected chi connectivity index (χ0v) is 17.2. The van der Waals surface area contributed by atoms with E-state index in [-0.39, 0.29) is 19.1 Å². The number of nitrogen functional groups attached to an aromatic ring is 1. The first-order chi connectivity index (χ1) is 14.1. The molecule has 144 valence electrons. The molecule has 29 heavy (non-hydrogen) atoms. The molecule has 3 aromatic rings. The number of carbonyl (C=O) groups excluding carboxylic acids is 1. The molecule has 0 aliphatic heterocycles. The summed E-state index contributed by atoms with van der Waals surface area (Å²) < 4.78 is 6.38. The fourth-order valence-corrected chi connectivity index (χ4v) is 3.93. The van der Waals surface area contributed by atoms with E-state index in [1.165, 1.54) is 22.3 Å². The smallest absolute Gasteiger partial charge is 0.407 e. The molecule has 0 bridgehead atoms. The van der Waals surface area contributed by atoms with Crippen molar-refractivity contribution in [3.05, 3.63) is 87.9 Å². The Morgan fingerprint density at radius 1 is 1.03 bits per heavy atom. The van der Waals surface area contributed by atoms with Crippen molar-refractivity contribution >= 4 is 27.7 Å². The summed E-state index contributed by atoms with van der Waals surface area (Å²) in [7, 11) is 0. The number of rotatable bonds is 3. The van der Waals surface area contributed by atoms with Crippen molar-refractivity contribution in [1.29, 1.82) is 0 Å². The van der Waals surface area contributed by atoms with Gasteiger partial charge in [0.05, 0.1) is 6.54 Å². The van der Waals surface area contributed by atoms with Crippen molar-refractivity contribution in [2.45, 2.75) is 5.92 Å².